The fraction of sp³-hybridized carbons (Fsp3) is 1.00. The highest BCUT2D eigenvalue weighted by atomic mass is 14.6. The summed E-state index contributed by atoms with van der Waals surface area (Å²) in [5.74, 6) is 6.90. The average molecular weight is 164 g/mol. The van der Waals surface area contributed by atoms with Gasteiger partial charge < -0.3 is 0 Å². The van der Waals surface area contributed by atoms with Crippen LogP contribution in [0.4, 0.5) is 0 Å². The van der Waals surface area contributed by atoms with Crippen LogP contribution in [0.2, 0.25) is 0 Å². The molecule has 0 aromatic rings. The van der Waals surface area contributed by atoms with Gasteiger partial charge in [0.2, 0.25) is 0 Å². The molecule has 3 aliphatic carbocycles. The van der Waals surface area contributed by atoms with Crippen molar-refractivity contribution in [2.24, 2.45) is 35.5 Å². The van der Waals surface area contributed by atoms with Gasteiger partial charge in [0.05, 0.1) is 0 Å². The second-order valence-electron chi connectivity index (χ2n) is 5.52. The van der Waals surface area contributed by atoms with Crippen molar-refractivity contribution < 1.29 is 0 Å². The molecule has 6 unspecified atom stereocenters. The van der Waals surface area contributed by atoms with Crippen molar-refractivity contribution in [3.8, 4) is 0 Å². The lowest BCUT2D eigenvalue weighted by atomic mass is 9.39. The fourth-order valence-corrected chi connectivity index (χ4v) is 4.65. The Balaban J connectivity index is 1.80. The molecule has 0 N–H and O–H groups in total. The first kappa shape index (κ1) is 7.41. The monoisotopic (exact) mass is 164 g/mol. The van der Waals surface area contributed by atoms with E-state index in [0.29, 0.717) is 0 Å². The quantitative estimate of drug-likeness (QED) is 0.557. The minimum Gasteiger partial charge on any atom is -0.0651 e. The van der Waals surface area contributed by atoms with Crippen LogP contribution in [0, 0.1) is 35.5 Å². The summed E-state index contributed by atoms with van der Waals surface area (Å²) < 4.78 is 0. The van der Waals surface area contributed by atoms with Crippen LogP contribution in [0.25, 0.3) is 0 Å². The molecule has 0 heteroatoms. The molecule has 0 radical (unpaired) electrons. The van der Waals surface area contributed by atoms with E-state index >= 15 is 0 Å². The lowest BCUT2D eigenvalue weighted by Crippen LogP contribution is -2.58. The van der Waals surface area contributed by atoms with Crippen molar-refractivity contribution >= 4 is 0 Å². The summed E-state index contributed by atoms with van der Waals surface area (Å²) in [5.41, 5.74) is 0. The molecular formula is C12H20. The molecule has 0 heterocycles. The Morgan fingerprint density at radius 1 is 1.08 bits per heavy atom. The third-order valence-electron chi connectivity index (χ3n) is 5.19. The molecule has 0 amide bonds. The van der Waals surface area contributed by atoms with Gasteiger partial charge in [-0.05, 0) is 54.8 Å². The van der Waals surface area contributed by atoms with Crippen molar-refractivity contribution in [1.29, 1.82) is 0 Å². The zero-order valence-corrected chi connectivity index (χ0v) is 8.29. The fourth-order valence-electron chi connectivity index (χ4n) is 4.65. The molecule has 0 bridgehead atoms. The van der Waals surface area contributed by atoms with E-state index in [4.69, 9.17) is 0 Å². The normalized spacial score (nSPS) is 61.5. The van der Waals surface area contributed by atoms with Gasteiger partial charge >= 0.3 is 0 Å². The minimum atomic E-state index is 1.04. The Morgan fingerprint density at radius 2 is 1.83 bits per heavy atom. The van der Waals surface area contributed by atoms with Crippen LogP contribution in [0.5, 0.6) is 0 Å². The standard InChI is InChI=1S/C12H20/c1-3-10-7(2)4-8-5-9-6-11(10)12(8)9/h7-12H,3-6H2,1-2H3. The highest BCUT2D eigenvalue weighted by Gasteiger charge is 2.59. The molecule has 0 nitrogen and oxygen atoms in total. The molecule has 68 valence electrons. The first-order valence-electron chi connectivity index (χ1n) is 5.81. The van der Waals surface area contributed by atoms with Gasteiger partial charge in [-0.15, -0.1) is 0 Å². The molecular weight excluding hydrogens is 144 g/mol. The zero-order chi connectivity index (χ0) is 8.29. The second-order valence-corrected chi connectivity index (χ2v) is 5.52. The summed E-state index contributed by atoms with van der Waals surface area (Å²) >= 11 is 0. The van der Waals surface area contributed by atoms with Crippen LogP contribution in [0.1, 0.15) is 39.5 Å². The summed E-state index contributed by atoms with van der Waals surface area (Å²) in [6.07, 6.45) is 6.21. The number of hydrogen-bond donors (Lipinski definition) is 0. The van der Waals surface area contributed by atoms with Crippen LogP contribution >= 0.6 is 0 Å². The Bertz CT molecular complexity index is 196. The average Bonchev–Trinajstić information content (AvgIpc) is 1.98. The summed E-state index contributed by atoms with van der Waals surface area (Å²) in [6.45, 7) is 4.89. The van der Waals surface area contributed by atoms with Crippen molar-refractivity contribution in [2.75, 3.05) is 0 Å². The largest absolute Gasteiger partial charge is 0.0651 e. The molecule has 0 spiro atoms. The smallest absolute Gasteiger partial charge is 0.0326 e. The highest BCUT2D eigenvalue weighted by Crippen LogP contribution is 2.66. The molecule has 0 aromatic carbocycles. The molecule has 3 aliphatic rings. The summed E-state index contributed by atoms with van der Waals surface area (Å²) in [4.78, 5) is 0. The van der Waals surface area contributed by atoms with E-state index in [1.165, 1.54) is 30.1 Å². The molecule has 0 aliphatic heterocycles. The molecule has 6 atom stereocenters. The lowest BCUT2D eigenvalue weighted by Gasteiger charge is -2.65. The summed E-state index contributed by atoms with van der Waals surface area (Å²) in [7, 11) is 0. The number of rotatable bonds is 1. The third kappa shape index (κ3) is 0.701. The van der Waals surface area contributed by atoms with Gasteiger partial charge in [0.25, 0.3) is 0 Å². The van der Waals surface area contributed by atoms with E-state index in [0.717, 1.165) is 11.8 Å². The first-order chi connectivity index (χ1) is 5.81. The van der Waals surface area contributed by atoms with E-state index in [1.54, 1.807) is 19.3 Å². The summed E-state index contributed by atoms with van der Waals surface area (Å²) in [5, 5.41) is 0. The maximum absolute atomic E-state index is 2.50. The van der Waals surface area contributed by atoms with Gasteiger partial charge in [0.1, 0.15) is 0 Å². The second kappa shape index (κ2) is 2.27. The third-order valence-corrected chi connectivity index (χ3v) is 5.19. The van der Waals surface area contributed by atoms with Crippen LogP contribution in [0.3, 0.4) is 0 Å². The van der Waals surface area contributed by atoms with Gasteiger partial charge in [-0.2, -0.15) is 0 Å². The van der Waals surface area contributed by atoms with Crippen LogP contribution in [0.15, 0.2) is 0 Å². The molecule has 12 heavy (non-hydrogen) atoms. The maximum Gasteiger partial charge on any atom is -0.0326 e. The van der Waals surface area contributed by atoms with Crippen molar-refractivity contribution in [3.63, 3.8) is 0 Å². The van der Waals surface area contributed by atoms with Crippen LogP contribution in [-0.4, -0.2) is 0 Å². The van der Waals surface area contributed by atoms with E-state index in [9.17, 15) is 0 Å². The van der Waals surface area contributed by atoms with Gasteiger partial charge in [-0.3, -0.25) is 0 Å². The van der Waals surface area contributed by atoms with Crippen LogP contribution in [-0.2, 0) is 0 Å². The highest BCUT2D eigenvalue weighted by molar-refractivity contribution is 5.07. The van der Waals surface area contributed by atoms with E-state index in [-0.39, 0.29) is 0 Å². The first-order valence-corrected chi connectivity index (χ1v) is 5.81. The Morgan fingerprint density at radius 3 is 2.50 bits per heavy atom. The molecule has 3 saturated carbocycles. The SMILES string of the molecule is CCC1C(C)CC2CC3CC1C23. The molecule has 0 aromatic heterocycles. The van der Waals surface area contributed by atoms with Gasteiger partial charge in [0.15, 0.2) is 0 Å². The van der Waals surface area contributed by atoms with E-state index < -0.39 is 0 Å². The van der Waals surface area contributed by atoms with Gasteiger partial charge in [-0.1, -0.05) is 20.3 Å². The van der Waals surface area contributed by atoms with Gasteiger partial charge in [0, 0.05) is 0 Å². The Hall–Kier alpha value is 0. The van der Waals surface area contributed by atoms with Crippen molar-refractivity contribution in [2.45, 2.75) is 39.5 Å². The predicted molar refractivity (Wildman–Crippen MR) is 50.8 cm³/mol. The van der Waals surface area contributed by atoms with Crippen molar-refractivity contribution in [1.82, 2.24) is 0 Å². The maximum atomic E-state index is 2.50. The molecule has 3 rings (SSSR count). The predicted octanol–water partition coefficient (Wildman–Crippen LogP) is 3.32. The van der Waals surface area contributed by atoms with Crippen molar-refractivity contribution in [3.05, 3.63) is 0 Å². The Kier molecular flexibility index (Phi) is 1.40. The minimum absolute atomic E-state index is 1.04. The van der Waals surface area contributed by atoms with E-state index in [1.807, 2.05) is 0 Å². The molecule has 3 fully saturated rings. The zero-order valence-electron chi connectivity index (χ0n) is 8.29. The topological polar surface area (TPSA) is 0 Å². The summed E-state index contributed by atoms with van der Waals surface area (Å²) in [6, 6.07) is 0. The van der Waals surface area contributed by atoms with Crippen LogP contribution < -0.4 is 0 Å². The molecule has 0 saturated heterocycles. The lowest BCUT2D eigenvalue weighted by molar-refractivity contribution is -0.166. The Labute approximate surface area is 75.7 Å². The van der Waals surface area contributed by atoms with E-state index in [2.05, 4.69) is 13.8 Å². The number of hydrogen-bond acceptors (Lipinski definition) is 0. The van der Waals surface area contributed by atoms with Gasteiger partial charge in [-0.25, -0.2) is 0 Å².